The first-order valence-electron chi connectivity index (χ1n) is 10.6. The van der Waals surface area contributed by atoms with E-state index in [0.29, 0.717) is 12.0 Å². The zero-order valence-corrected chi connectivity index (χ0v) is 17.0. The van der Waals surface area contributed by atoms with Crippen molar-refractivity contribution in [2.75, 3.05) is 59.1 Å². The first-order valence-corrected chi connectivity index (χ1v) is 10.6. The molecule has 2 heterocycles. The molecule has 2 atom stereocenters. The summed E-state index contributed by atoms with van der Waals surface area (Å²) < 4.78 is 11.2. The Hall–Kier alpha value is -0.690. The van der Waals surface area contributed by atoms with E-state index in [1.54, 1.807) is 0 Å². The molecule has 2 fully saturated rings. The fourth-order valence-corrected chi connectivity index (χ4v) is 4.17. The smallest absolute Gasteiger partial charge is 0.237 e. The molecule has 0 radical (unpaired) electrons. The lowest BCUT2D eigenvalue weighted by molar-refractivity contribution is -0.130. The van der Waals surface area contributed by atoms with Gasteiger partial charge in [0.25, 0.3) is 0 Å². The minimum Gasteiger partial charge on any atom is -0.379 e. The Labute approximate surface area is 159 Å². The van der Waals surface area contributed by atoms with Gasteiger partial charge in [-0.2, -0.15) is 0 Å². The number of amides is 1. The molecule has 0 aromatic rings. The largest absolute Gasteiger partial charge is 0.379 e. The predicted molar refractivity (Wildman–Crippen MR) is 104 cm³/mol. The summed E-state index contributed by atoms with van der Waals surface area (Å²) >= 11 is 0. The van der Waals surface area contributed by atoms with E-state index in [9.17, 15) is 4.79 Å². The van der Waals surface area contributed by atoms with Gasteiger partial charge in [0.2, 0.25) is 5.91 Å². The van der Waals surface area contributed by atoms with E-state index in [4.69, 9.17) is 9.47 Å². The standard InChI is InChI=1S/C20H39N3O3/c1-4-18(5-2)19(23-11-14-25-15-12-23)20(24)21-8-6-9-22-10-7-13-26-17(3)16-22/h17-19H,4-16H2,1-3H3,(H,21,24)/t17-,19+/m0/s1. The van der Waals surface area contributed by atoms with Crippen molar-refractivity contribution in [3.05, 3.63) is 0 Å². The molecule has 0 spiro atoms. The van der Waals surface area contributed by atoms with Crippen LogP contribution in [0.3, 0.4) is 0 Å². The molecule has 0 aliphatic carbocycles. The van der Waals surface area contributed by atoms with Gasteiger partial charge in [-0.1, -0.05) is 26.7 Å². The average Bonchev–Trinajstić information content (AvgIpc) is 2.87. The maximum atomic E-state index is 12.9. The Morgan fingerprint density at radius 1 is 1.15 bits per heavy atom. The molecule has 0 unspecified atom stereocenters. The molecule has 2 aliphatic heterocycles. The number of ether oxygens (including phenoxy) is 2. The highest BCUT2D eigenvalue weighted by Crippen LogP contribution is 2.20. The van der Waals surface area contributed by atoms with Crippen LogP contribution in [-0.2, 0) is 14.3 Å². The Morgan fingerprint density at radius 2 is 1.88 bits per heavy atom. The fraction of sp³-hybridized carbons (Fsp3) is 0.950. The van der Waals surface area contributed by atoms with Crippen LogP contribution in [0.5, 0.6) is 0 Å². The van der Waals surface area contributed by atoms with Crippen LogP contribution in [0.15, 0.2) is 0 Å². The minimum absolute atomic E-state index is 0.0134. The molecule has 6 nitrogen and oxygen atoms in total. The van der Waals surface area contributed by atoms with Crippen molar-refractivity contribution in [3.63, 3.8) is 0 Å². The number of rotatable bonds is 9. The van der Waals surface area contributed by atoms with Crippen molar-refractivity contribution in [3.8, 4) is 0 Å². The zero-order chi connectivity index (χ0) is 18.8. The van der Waals surface area contributed by atoms with Crippen LogP contribution >= 0.6 is 0 Å². The highest BCUT2D eigenvalue weighted by Gasteiger charge is 2.32. The second-order valence-electron chi connectivity index (χ2n) is 7.65. The summed E-state index contributed by atoms with van der Waals surface area (Å²) in [5, 5.41) is 3.22. The van der Waals surface area contributed by atoms with Gasteiger partial charge in [0.15, 0.2) is 0 Å². The second kappa shape index (κ2) is 11.9. The van der Waals surface area contributed by atoms with Crippen LogP contribution in [0.25, 0.3) is 0 Å². The minimum atomic E-state index is -0.0134. The summed E-state index contributed by atoms with van der Waals surface area (Å²) in [4.78, 5) is 17.7. The molecule has 0 aromatic carbocycles. The number of hydrogen-bond acceptors (Lipinski definition) is 5. The number of nitrogens with one attached hydrogen (secondary N) is 1. The third-order valence-electron chi connectivity index (χ3n) is 5.69. The number of nitrogens with zero attached hydrogens (tertiary/aromatic N) is 2. The molecule has 26 heavy (non-hydrogen) atoms. The van der Waals surface area contributed by atoms with Gasteiger partial charge in [-0.05, 0) is 32.2 Å². The van der Waals surface area contributed by atoms with Gasteiger partial charge >= 0.3 is 0 Å². The van der Waals surface area contributed by atoms with Gasteiger partial charge in [0.05, 0.1) is 25.4 Å². The SMILES string of the molecule is CCC(CC)[C@H](C(=O)NCCCN1CCCO[C@@H](C)C1)N1CCOCC1. The summed E-state index contributed by atoms with van der Waals surface area (Å²) in [6, 6.07) is -0.0134. The molecule has 1 N–H and O–H groups in total. The third kappa shape index (κ3) is 6.80. The monoisotopic (exact) mass is 369 g/mol. The van der Waals surface area contributed by atoms with Crippen molar-refractivity contribution in [2.45, 2.75) is 58.6 Å². The maximum absolute atomic E-state index is 12.9. The molecule has 2 rings (SSSR count). The molecular weight excluding hydrogens is 330 g/mol. The van der Waals surface area contributed by atoms with E-state index in [0.717, 1.165) is 84.8 Å². The molecule has 6 heteroatoms. The van der Waals surface area contributed by atoms with Crippen LogP contribution < -0.4 is 5.32 Å². The first-order chi connectivity index (χ1) is 12.7. The van der Waals surface area contributed by atoms with Gasteiger partial charge in [-0.3, -0.25) is 9.69 Å². The summed E-state index contributed by atoms with van der Waals surface area (Å²) in [6.07, 6.45) is 4.49. The number of carbonyl (C=O) groups excluding carboxylic acids is 1. The summed E-state index contributed by atoms with van der Waals surface area (Å²) in [7, 11) is 0. The van der Waals surface area contributed by atoms with Crippen molar-refractivity contribution in [1.82, 2.24) is 15.1 Å². The summed E-state index contributed by atoms with van der Waals surface area (Å²) in [5.74, 6) is 0.616. The van der Waals surface area contributed by atoms with E-state index in [2.05, 4.69) is 35.9 Å². The van der Waals surface area contributed by atoms with Crippen LogP contribution in [-0.4, -0.2) is 86.9 Å². The highest BCUT2D eigenvalue weighted by atomic mass is 16.5. The Balaban J connectivity index is 1.78. The van der Waals surface area contributed by atoms with E-state index in [1.165, 1.54) is 0 Å². The van der Waals surface area contributed by atoms with E-state index in [1.807, 2.05) is 0 Å². The van der Waals surface area contributed by atoms with Gasteiger partial charge in [-0.15, -0.1) is 0 Å². The molecule has 0 bridgehead atoms. The van der Waals surface area contributed by atoms with E-state index >= 15 is 0 Å². The Morgan fingerprint density at radius 3 is 2.58 bits per heavy atom. The summed E-state index contributed by atoms with van der Waals surface area (Å²) in [5.41, 5.74) is 0. The van der Waals surface area contributed by atoms with E-state index in [-0.39, 0.29) is 11.9 Å². The second-order valence-corrected chi connectivity index (χ2v) is 7.65. The van der Waals surface area contributed by atoms with Crippen LogP contribution in [0.1, 0.15) is 46.5 Å². The Bertz CT molecular complexity index is 398. The molecule has 2 aliphatic rings. The van der Waals surface area contributed by atoms with Crippen LogP contribution in [0, 0.1) is 5.92 Å². The molecule has 0 aromatic heterocycles. The Kier molecular flexibility index (Phi) is 9.89. The molecule has 0 saturated carbocycles. The molecular formula is C20H39N3O3. The topological polar surface area (TPSA) is 54.0 Å². The third-order valence-corrected chi connectivity index (χ3v) is 5.69. The van der Waals surface area contributed by atoms with Gasteiger partial charge in [0.1, 0.15) is 0 Å². The van der Waals surface area contributed by atoms with Crippen LogP contribution in [0.4, 0.5) is 0 Å². The predicted octanol–water partition coefficient (Wildman–Crippen LogP) is 1.74. The molecule has 152 valence electrons. The average molecular weight is 370 g/mol. The van der Waals surface area contributed by atoms with Crippen molar-refractivity contribution >= 4 is 5.91 Å². The quantitative estimate of drug-likeness (QED) is 0.628. The van der Waals surface area contributed by atoms with Gasteiger partial charge in [0, 0.05) is 39.3 Å². The lowest BCUT2D eigenvalue weighted by Crippen LogP contribution is -2.54. The van der Waals surface area contributed by atoms with Crippen LogP contribution in [0.2, 0.25) is 0 Å². The zero-order valence-electron chi connectivity index (χ0n) is 17.0. The lowest BCUT2D eigenvalue weighted by Gasteiger charge is -2.37. The number of carbonyl (C=O) groups is 1. The molecule has 1 amide bonds. The molecule has 2 saturated heterocycles. The van der Waals surface area contributed by atoms with E-state index < -0.39 is 0 Å². The van der Waals surface area contributed by atoms with Crippen molar-refractivity contribution in [1.29, 1.82) is 0 Å². The van der Waals surface area contributed by atoms with Crippen molar-refractivity contribution in [2.24, 2.45) is 5.92 Å². The summed E-state index contributed by atoms with van der Waals surface area (Å²) in [6.45, 7) is 14.5. The maximum Gasteiger partial charge on any atom is 0.237 e. The first kappa shape index (κ1) is 21.6. The highest BCUT2D eigenvalue weighted by molar-refractivity contribution is 5.82. The number of morpholine rings is 1. The van der Waals surface area contributed by atoms with Gasteiger partial charge in [-0.25, -0.2) is 0 Å². The van der Waals surface area contributed by atoms with Crippen molar-refractivity contribution < 1.29 is 14.3 Å². The van der Waals surface area contributed by atoms with Gasteiger partial charge < -0.3 is 19.7 Å². The fourth-order valence-electron chi connectivity index (χ4n) is 4.17. The lowest BCUT2D eigenvalue weighted by atomic mass is 9.91. The number of hydrogen-bond donors (Lipinski definition) is 1. The normalized spacial score (nSPS) is 24.4.